The van der Waals surface area contributed by atoms with Gasteiger partial charge in [0.1, 0.15) is 24.7 Å². The SMILES string of the molecule is COCCOCCOCCN(CCCC(C)(C)SC1CC(=O)N(CC2CCC(C(C)=O)CC2)C1=O)c1cc(COc2cc3c(cc2C)C(=O)N2c4ccccc4C[C@H]2CC3)cc(COc2cc3c(cc2OC)C(=O)N2c4ccccc4C[C@H]2C=N3)c1. The first-order valence-electron chi connectivity index (χ1n) is 30.7. The highest BCUT2D eigenvalue weighted by molar-refractivity contribution is 8.02. The molecule has 3 atom stereocenters. The van der Waals surface area contributed by atoms with Gasteiger partial charge in [-0.05, 0) is 159 Å². The topological polar surface area (TPSA) is 166 Å². The van der Waals surface area contributed by atoms with E-state index in [1.54, 1.807) is 45.0 Å². The summed E-state index contributed by atoms with van der Waals surface area (Å²) in [6.07, 6.45) is 10.1. The van der Waals surface area contributed by atoms with Crippen LogP contribution in [0.25, 0.3) is 0 Å². The number of thioether (sulfide) groups is 1. The molecule has 0 aromatic heterocycles. The third-order valence-corrected chi connectivity index (χ3v) is 19.5. The molecular formula is C69H81N5O11S. The summed E-state index contributed by atoms with van der Waals surface area (Å²) in [5.41, 5.74) is 10.4. The van der Waals surface area contributed by atoms with Crippen LogP contribution in [0.15, 0.2) is 96.0 Å². The number of aliphatic imine (C=N–C) groups is 1. The predicted molar refractivity (Wildman–Crippen MR) is 335 cm³/mol. The van der Waals surface area contributed by atoms with Crippen molar-refractivity contribution in [2.24, 2.45) is 16.8 Å². The summed E-state index contributed by atoms with van der Waals surface area (Å²) in [5.74, 6) is 1.79. The van der Waals surface area contributed by atoms with Crippen molar-refractivity contribution in [3.63, 3.8) is 0 Å². The predicted octanol–water partition coefficient (Wildman–Crippen LogP) is 11.3. The molecule has 5 aromatic carbocycles. The Labute approximate surface area is 509 Å². The van der Waals surface area contributed by atoms with Crippen molar-refractivity contribution in [1.29, 1.82) is 0 Å². The number of carbonyl (C=O) groups excluding carboxylic acids is 5. The molecule has 1 saturated heterocycles. The highest BCUT2D eigenvalue weighted by Crippen LogP contribution is 2.44. The zero-order valence-electron chi connectivity index (χ0n) is 50.6. The van der Waals surface area contributed by atoms with Crippen molar-refractivity contribution in [2.45, 2.75) is 134 Å². The lowest BCUT2D eigenvalue weighted by Gasteiger charge is -2.31. The smallest absolute Gasteiger partial charge is 0.261 e. The number of likely N-dealkylation sites (tertiary alicyclic amines) is 1. The van der Waals surface area contributed by atoms with Crippen molar-refractivity contribution in [2.75, 3.05) is 81.6 Å². The van der Waals surface area contributed by atoms with Gasteiger partial charge in [0.25, 0.3) is 11.8 Å². The number of methoxy groups -OCH3 is 2. The first-order valence-corrected chi connectivity index (χ1v) is 31.6. The van der Waals surface area contributed by atoms with Crippen molar-refractivity contribution in [3.05, 3.63) is 136 Å². The lowest BCUT2D eigenvalue weighted by atomic mass is 9.80. The number of fused-ring (bicyclic) bond motifs is 8. The van der Waals surface area contributed by atoms with Gasteiger partial charge in [-0.3, -0.25) is 38.8 Å². The van der Waals surface area contributed by atoms with E-state index >= 15 is 0 Å². The fourth-order valence-corrected chi connectivity index (χ4v) is 14.9. The van der Waals surface area contributed by atoms with E-state index in [9.17, 15) is 24.0 Å². The molecule has 0 spiro atoms. The summed E-state index contributed by atoms with van der Waals surface area (Å²) >= 11 is 1.60. The monoisotopic (exact) mass is 1190 g/mol. The normalized spacial score (nSPS) is 20.4. The molecule has 0 bridgehead atoms. The van der Waals surface area contributed by atoms with Crippen molar-refractivity contribution >= 4 is 70.1 Å². The fraction of sp³-hybridized carbons (Fsp3) is 0.478. The number of benzene rings is 5. The van der Waals surface area contributed by atoms with Crippen LogP contribution in [-0.4, -0.2) is 129 Å². The van der Waals surface area contributed by atoms with Crippen LogP contribution in [0, 0.1) is 18.8 Å². The van der Waals surface area contributed by atoms with Crippen LogP contribution in [-0.2, 0) is 61.1 Å². The molecule has 1 aliphatic carbocycles. The second-order valence-electron chi connectivity index (χ2n) is 24.5. The molecule has 1 unspecified atom stereocenters. The Balaban J connectivity index is 0.838. The third-order valence-electron chi connectivity index (χ3n) is 18.0. The summed E-state index contributed by atoms with van der Waals surface area (Å²) in [6, 6.07) is 30.0. The van der Waals surface area contributed by atoms with E-state index in [1.165, 1.54) is 10.5 Å². The van der Waals surface area contributed by atoms with Crippen molar-refractivity contribution in [3.8, 4) is 17.2 Å². The Morgan fingerprint density at radius 1 is 0.698 bits per heavy atom. The number of amides is 4. The highest BCUT2D eigenvalue weighted by atomic mass is 32.2. The van der Waals surface area contributed by atoms with Gasteiger partial charge in [-0.25, -0.2) is 0 Å². The number of para-hydroxylation sites is 2. The summed E-state index contributed by atoms with van der Waals surface area (Å²) in [5, 5.41) is -0.444. The van der Waals surface area contributed by atoms with E-state index in [0.717, 1.165) is 114 Å². The van der Waals surface area contributed by atoms with Crippen LogP contribution in [0.2, 0.25) is 0 Å². The number of ether oxygens (including phenoxy) is 6. The standard InChI is InChI=1S/C69H81N5O11S/c1-44-30-56-50(20-21-53-34-51-12-7-9-14-59(51)73(53)66(56)77)36-61(44)84-42-47-31-48(43-85-63-38-58-57(37-62(63)81-6)67(78)74-55(40-70-58)35-52-13-8-10-15-60(52)74)33-54(32-47)71(24-25-82-28-29-83-27-26-80-5)23-11-22-69(3,4)86-64-39-65(76)72(68(64)79)41-46-16-18-49(19-17-46)45(2)75/h7-10,12-15,30-33,36-38,40,46,49,53,55,64H,11,16-29,34-35,39,41-43H2,1-6H3/t46?,49?,53-,55+,64?/m1/s1. The van der Waals surface area contributed by atoms with Gasteiger partial charge in [-0.2, -0.15) is 0 Å². The quantitative estimate of drug-likeness (QED) is 0.0379. The van der Waals surface area contributed by atoms with Crippen LogP contribution >= 0.6 is 11.8 Å². The van der Waals surface area contributed by atoms with E-state index in [4.69, 9.17) is 33.4 Å². The number of anilines is 3. The summed E-state index contributed by atoms with van der Waals surface area (Å²) < 4.78 is 36.2. The lowest BCUT2D eigenvalue weighted by molar-refractivity contribution is -0.139. The van der Waals surface area contributed by atoms with E-state index in [-0.39, 0.29) is 77.7 Å². The molecular weight excluding hydrogens is 1110 g/mol. The van der Waals surface area contributed by atoms with E-state index in [2.05, 4.69) is 61.2 Å². The minimum absolute atomic E-state index is 0.0321. The number of hydrogen-bond donors (Lipinski definition) is 0. The van der Waals surface area contributed by atoms with Gasteiger partial charge in [-0.1, -0.05) is 50.2 Å². The average Bonchev–Trinajstić information content (AvgIpc) is 2.03. The zero-order valence-corrected chi connectivity index (χ0v) is 51.4. The third kappa shape index (κ3) is 13.6. The molecule has 0 radical (unpaired) electrons. The number of Topliss-reactive ketones (excluding diaryl/α,β-unsaturated/α-hetero) is 1. The molecule has 86 heavy (non-hydrogen) atoms. The molecule has 5 aromatic rings. The molecule has 0 N–H and O–H groups in total. The molecule has 11 rings (SSSR count). The van der Waals surface area contributed by atoms with Crippen molar-refractivity contribution in [1.82, 2.24) is 4.90 Å². The number of aryl methyl sites for hydroxylation is 2. The molecule has 5 aliphatic heterocycles. The Morgan fingerprint density at radius 3 is 2.09 bits per heavy atom. The van der Waals surface area contributed by atoms with Gasteiger partial charge in [0.05, 0.1) is 62.7 Å². The maximum atomic E-state index is 14.3. The molecule has 6 aliphatic rings. The lowest BCUT2D eigenvalue weighted by Crippen LogP contribution is -2.38. The van der Waals surface area contributed by atoms with Gasteiger partial charge >= 0.3 is 0 Å². The second kappa shape index (κ2) is 26.9. The Hall–Kier alpha value is -7.05. The molecule has 5 heterocycles. The number of imide groups is 1. The van der Waals surface area contributed by atoms with E-state index in [1.807, 2.05) is 59.3 Å². The van der Waals surface area contributed by atoms with Crippen molar-refractivity contribution < 1.29 is 52.4 Å². The van der Waals surface area contributed by atoms with Gasteiger partial charge in [0.2, 0.25) is 11.8 Å². The number of hydrogen-bond acceptors (Lipinski definition) is 14. The molecule has 17 heteroatoms. The van der Waals surface area contributed by atoms with Gasteiger partial charge in [-0.15, -0.1) is 11.8 Å². The van der Waals surface area contributed by atoms with Gasteiger partial charge < -0.3 is 38.2 Å². The first-order chi connectivity index (χ1) is 41.6. The van der Waals surface area contributed by atoms with Crippen LogP contribution in [0.5, 0.6) is 17.2 Å². The molecule has 16 nitrogen and oxygen atoms in total. The number of nitrogens with zero attached hydrogens (tertiary/aromatic N) is 5. The fourth-order valence-electron chi connectivity index (χ4n) is 13.4. The number of rotatable bonds is 26. The minimum atomic E-state index is -0.444. The van der Waals surface area contributed by atoms with E-state index < -0.39 is 5.25 Å². The van der Waals surface area contributed by atoms with Crippen LogP contribution in [0.1, 0.15) is 126 Å². The molecule has 2 fully saturated rings. The number of carbonyl (C=O) groups is 5. The largest absolute Gasteiger partial charge is 0.493 e. The molecule has 1 saturated carbocycles. The maximum absolute atomic E-state index is 14.3. The minimum Gasteiger partial charge on any atom is -0.493 e. The van der Waals surface area contributed by atoms with Crippen LogP contribution in [0.4, 0.5) is 22.7 Å². The number of ketones is 1. The maximum Gasteiger partial charge on any atom is 0.261 e. The van der Waals surface area contributed by atoms with Crippen LogP contribution in [0.3, 0.4) is 0 Å². The second-order valence-corrected chi connectivity index (χ2v) is 26.4. The summed E-state index contributed by atoms with van der Waals surface area (Å²) in [7, 11) is 3.22. The highest BCUT2D eigenvalue weighted by Gasteiger charge is 2.43. The zero-order chi connectivity index (χ0) is 60.1. The van der Waals surface area contributed by atoms with Gasteiger partial charge in [0, 0.05) is 91.2 Å². The molecule has 4 amide bonds. The first kappa shape index (κ1) is 60.6. The van der Waals surface area contributed by atoms with E-state index in [0.29, 0.717) is 81.8 Å². The molecule has 454 valence electrons. The summed E-state index contributed by atoms with van der Waals surface area (Å²) in [6.45, 7) is 12.3. The average molecular weight is 1190 g/mol. The Morgan fingerprint density at radius 2 is 1.37 bits per heavy atom. The Kier molecular flexibility index (Phi) is 19.0. The summed E-state index contributed by atoms with van der Waals surface area (Å²) in [4.78, 5) is 80.5. The van der Waals surface area contributed by atoms with Crippen LogP contribution < -0.4 is 28.9 Å². The van der Waals surface area contributed by atoms with Gasteiger partial charge in [0.15, 0.2) is 11.5 Å². The Bertz CT molecular complexity index is 3380.